The lowest BCUT2D eigenvalue weighted by atomic mass is 10.1. The number of aliphatic imine (C=N–C) groups is 1. The third-order valence-electron chi connectivity index (χ3n) is 3.74. The van der Waals surface area contributed by atoms with Crippen molar-refractivity contribution in [3.63, 3.8) is 0 Å². The Hall–Kier alpha value is -4.43. The number of hydrogen-bond donors (Lipinski definition) is 2. The summed E-state index contributed by atoms with van der Waals surface area (Å²) in [6.45, 7) is 0. The van der Waals surface area contributed by atoms with Gasteiger partial charge in [0.25, 0.3) is 0 Å². The van der Waals surface area contributed by atoms with Crippen molar-refractivity contribution >= 4 is 28.8 Å². The van der Waals surface area contributed by atoms with Gasteiger partial charge in [0.05, 0.1) is 22.4 Å². The van der Waals surface area contributed by atoms with Crippen LogP contribution in [0.2, 0.25) is 0 Å². The van der Waals surface area contributed by atoms with E-state index < -0.39 is 17.2 Å². The largest absolute Gasteiger partial charge is 0.507 e. The normalized spacial score (nSPS) is 10.6. The maximum absolute atomic E-state index is 11.8. The Morgan fingerprint density at radius 3 is 2.52 bits per heavy atom. The van der Waals surface area contributed by atoms with Crippen LogP contribution in [0.15, 0.2) is 50.6 Å². The number of nitrogens with zero attached hydrogens (tertiary/aromatic N) is 3. The van der Waals surface area contributed by atoms with E-state index in [0.717, 1.165) is 6.07 Å². The molecule has 0 aliphatic rings. The molecule has 130 valence electrons. The molecule has 8 nitrogen and oxygen atoms in total. The summed E-state index contributed by atoms with van der Waals surface area (Å²) >= 11 is 0. The van der Waals surface area contributed by atoms with Gasteiger partial charge < -0.3 is 14.6 Å². The fourth-order valence-corrected chi connectivity index (χ4v) is 2.41. The molecule has 0 aliphatic carbocycles. The van der Waals surface area contributed by atoms with E-state index in [1.165, 1.54) is 36.5 Å². The number of phenolic OH excluding ortho intramolecular Hbond substituents is 1. The first-order valence-corrected chi connectivity index (χ1v) is 7.46. The number of aromatic carboxylic acids is 1. The van der Waals surface area contributed by atoms with Crippen LogP contribution in [0.1, 0.15) is 27.0 Å². The van der Waals surface area contributed by atoms with Crippen molar-refractivity contribution in [2.24, 2.45) is 4.99 Å². The first kappa shape index (κ1) is 17.4. The molecule has 0 radical (unpaired) electrons. The van der Waals surface area contributed by atoms with Crippen LogP contribution in [0, 0.1) is 22.7 Å². The van der Waals surface area contributed by atoms with Gasteiger partial charge in [-0.1, -0.05) is 0 Å². The van der Waals surface area contributed by atoms with Gasteiger partial charge in [0.2, 0.25) is 0 Å². The Bertz CT molecular complexity index is 1260. The van der Waals surface area contributed by atoms with E-state index in [2.05, 4.69) is 4.99 Å². The van der Waals surface area contributed by atoms with Crippen molar-refractivity contribution in [3.05, 3.63) is 69.1 Å². The minimum atomic E-state index is -1.42. The third kappa shape index (κ3) is 3.23. The summed E-state index contributed by atoms with van der Waals surface area (Å²) in [6.07, 6.45) is 1.23. The molecule has 0 amide bonds. The molecule has 3 rings (SSSR count). The van der Waals surface area contributed by atoms with Crippen LogP contribution in [-0.2, 0) is 0 Å². The van der Waals surface area contributed by atoms with Crippen LogP contribution in [0.25, 0.3) is 11.0 Å². The molecule has 27 heavy (non-hydrogen) atoms. The van der Waals surface area contributed by atoms with E-state index in [1.807, 2.05) is 12.1 Å². The Labute approximate surface area is 151 Å². The van der Waals surface area contributed by atoms with Crippen molar-refractivity contribution in [2.45, 2.75) is 0 Å². The van der Waals surface area contributed by atoms with Crippen LogP contribution in [0.5, 0.6) is 5.75 Å². The Kier molecular flexibility index (Phi) is 4.40. The highest BCUT2D eigenvalue weighted by Gasteiger charge is 2.15. The van der Waals surface area contributed by atoms with Gasteiger partial charge in [0.1, 0.15) is 23.5 Å². The van der Waals surface area contributed by atoms with Crippen molar-refractivity contribution < 1.29 is 19.4 Å². The highest BCUT2D eigenvalue weighted by molar-refractivity contribution is 6.01. The van der Waals surface area contributed by atoms with Gasteiger partial charge in [-0.2, -0.15) is 10.5 Å². The van der Waals surface area contributed by atoms with Crippen molar-refractivity contribution in [3.8, 4) is 17.9 Å². The number of carboxylic acids is 1. The summed E-state index contributed by atoms with van der Waals surface area (Å²) in [4.78, 5) is 27.0. The maximum Gasteiger partial charge on any atom is 0.351 e. The predicted octanol–water partition coefficient (Wildman–Crippen LogP) is 2.69. The topological polar surface area (TPSA) is 148 Å². The lowest BCUT2D eigenvalue weighted by Crippen LogP contribution is -2.13. The van der Waals surface area contributed by atoms with Gasteiger partial charge in [-0.3, -0.25) is 4.99 Å². The van der Waals surface area contributed by atoms with Gasteiger partial charge in [0.15, 0.2) is 5.58 Å². The number of benzene rings is 2. The fourth-order valence-electron chi connectivity index (χ4n) is 2.41. The third-order valence-corrected chi connectivity index (χ3v) is 3.74. The van der Waals surface area contributed by atoms with Gasteiger partial charge >= 0.3 is 11.6 Å². The molecule has 1 heterocycles. The quantitative estimate of drug-likeness (QED) is 0.539. The summed E-state index contributed by atoms with van der Waals surface area (Å²) < 4.78 is 5.05. The number of phenols is 1. The van der Waals surface area contributed by atoms with Gasteiger partial charge in [-0.05, 0) is 36.4 Å². The molecule has 2 N–H and O–H groups in total. The van der Waals surface area contributed by atoms with E-state index in [4.69, 9.17) is 20.0 Å². The van der Waals surface area contributed by atoms with Gasteiger partial charge in [-0.15, -0.1) is 0 Å². The second-order valence-corrected chi connectivity index (χ2v) is 5.38. The first-order valence-electron chi connectivity index (χ1n) is 7.46. The SMILES string of the molecule is N#Cc1ccc(N=Cc2c(O)ccc3cc(C(=O)O)c(=O)oc23)cc1C#N. The lowest BCUT2D eigenvalue weighted by Gasteiger charge is -2.04. The second kappa shape index (κ2) is 6.82. The van der Waals surface area contributed by atoms with Crippen LogP contribution in [0.4, 0.5) is 5.69 Å². The minimum absolute atomic E-state index is 0.0251. The summed E-state index contributed by atoms with van der Waals surface area (Å²) in [5.41, 5.74) is -0.843. The fraction of sp³-hybridized carbons (Fsp3) is 0. The Balaban J connectivity index is 2.13. The number of nitriles is 2. The molecule has 3 aromatic rings. The zero-order chi connectivity index (χ0) is 19.6. The van der Waals surface area contributed by atoms with Crippen LogP contribution in [-0.4, -0.2) is 22.4 Å². The summed E-state index contributed by atoms with van der Waals surface area (Å²) in [5, 5.41) is 37.4. The lowest BCUT2D eigenvalue weighted by molar-refractivity contribution is 0.0692. The van der Waals surface area contributed by atoms with Crippen molar-refractivity contribution in [2.75, 3.05) is 0 Å². The molecule has 0 unspecified atom stereocenters. The van der Waals surface area contributed by atoms with E-state index in [9.17, 15) is 14.7 Å². The molecule has 0 atom stereocenters. The average molecular weight is 359 g/mol. The zero-order valence-electron chi connectivity index (χ0n) is 13.5. The molecule has 0 fully saturated rings. The summed E-state index contributed by atoms with van der Waals surface area (Å²) in [6, 6.07) is 12.0. The smallest absolute Gasteiger partial charge is 0.351 e. The molecule has 0 saturated carbocycles. The second-order valence-electron chi connectivity index (χ2n) is 5.38. The van der Waals surface area contributed by atoms with Crippen LogP contribution < -0.4 is 5.63 Å². The summed E-state index contributed by atoms with van der Waals surface area (Å²) in [5.74, 6) is -1.65. The van der Waals surface area contributed by atoms with Crippen molar-refractivity contribution in [1.82, 2.24) is 0 Å². The summed E-state index contributed by atoms with van der Waals surface area (Å²) in [7, 11) is 0. The number of fused-ring (bicyclic) bond motifs is 1. The minimum Gasteiger partial charge on any atom is -0.507 e. The number of aromatic hydroxyl groups is 1. The molecule has 8 heteroatoms. The van der Waals surface area contributed by atoms with E-state index in [0.29, 0.717) is 11.1 Å². The number of rotatable bonds is 3. The molecular formula is C19H9N3O5. The van der Waals surface area contributed by atoms with Crippen LogP contribution >= 0.6 is 0 Å². The average Bonchev–Trinajstić information content (AvgIpc) is 2.66. The van der Waals surface area contributed by atoms with Crippen molar-refractivity contribution in [1.29, 1.82) is 10.5 Å². The number of hydrogen-bond acceptors (Lipinski definition) is 7. The van der Waals surface area contributed by atoms with Crippen LogP contribution in [0.3, 0.4) is 0 Å². The standard InChI is InChI=1S/C19H9N3O5/c20-7-11-1-3-13(5-12(11)8-21)22-9-15-16(23)4-2-10-6-14(18(24)25)19(26)27-17(10)15/h1-6,9,23H,(H,24,25). The molecule has 0 aliphatic heterocycles. The predicted molar refractivity (Wildman–Crippen MR) is 94.2 cm³/mol. The highest BCUT2D eigenvalue weighted by Crippen LogP contribution is 2.26. The Morgan fingerprint density at radius 2 is 1.85 bits per heavy atom. The highest BCUT2D eigenvalue weighted by atomic mass is 16.4. The first-order chi connectivity index (χ1) is 12.9. The number of carbonyl (C=O) groups is 1. The molecular weight excluding hydrogens is 350 g/mol. The van der Waals surface area contributed by atoms with Gasteiger partial charge in [0, 0.05) is 11.6 Å². The maximum atomic E-state index is 11.8. The Morgan fingerprint density at radius 1 is 1.11 bits per heavy atom. The van der Waals surface area contributed by atoms with E-state index in [-0.39, 0.29) is 28.0 Å². The van der Waals surface area contributed by atoms with E-state index in [1.54, 1.807) is 0 Å². The molecule has 2 aromatic carbocycles. The van der Waals surface area contributed by atoms with E-state index >= 15 is 0 Å². The number of carboxylic acid groups (broad SMARTS) is 1. The molecule has 0 saturated heterocycles. The monoisotopic (exact) mass is 359 g/mol. The molecule has 1 aromatic heterocycles. The zero-order valence-corrected chi connectivity index (χ0v) is 13.5. The molecule has 0 spiro atoms. The van der Waals surface area contributed by atoms with Gasteiger partial charge in [-0.25, -0.2) is 9.59 Å². The molecule has 0 bridgehead atoms.